The molecule has 1 fully saturated rings. The number of carbonyl (C=O) groups is 3. The molecule has 0 spiro atoms. The first-order chi connectivity index (χ1) is 16.1. The van der Waals surface area contributed by atoms with E-state index >= 15 is 0 Å². The third kappa shape index (κ3) is 4.51. The molecule has 4 rings (SSSR count). The maximum Gasteiger partial charge on any atom is 0.416 e. The lowest BCUT2D eigenvalue weighted by Gasteiger charge is -2.40. The van der Waals surface area contributed by atoms with Gasteiger partial charge in [0.15, 0.2) is 6.23 Å². The summed E-state index contributed by atoms with van der Waals surface area (Å²) in [5.41, 5.74) is 0.586. The SMILES string of the molecule is CC1=Nc2cccc(CNC(=O)c3ccc(C(F)(F)F)cc3)c2C(O)N1C1CCC(=O)NC1=O. The van der Waals surface area contributed by atoms with Gasteiger partial charge in [0.25, 0.3) is 5.91 Å². The van der Waals surface area contributed by atoms with E-state index in [0.717, 1.165) is 24.3 Å². The fourth-order valence-corrected chi connectivity index (χ4v) is 4.13. The van der Waals surface area contributed by atoms with Gasteiger partial charge in [-0.05, 0) is 49.2 Å². The summed E-state index contributed by atoms with van der Waals surface area (Å²) >= 11 is 0. The van der Waals surface area contributed by atoms with E-state index in [1.54, 1.807) is 25.1 Å². The van der Waals surface area contributed by atoms with Crippen molar-refractivity contribution in [2.75, 3.05) is 0 Å². The van der Waals surface area contributed by atoms with E-state index in [9.17, 15) is 32.7 Å². The van der Waals surface area contributed by atoms with Crippen LogP contribution in [0.3, 0.4) is 0 Å². The molecule has 2 aliphatic heterocycles. The number of nitrogens with one attached hydrogen (secondary N) is 2. The van der Waals surface area contributed by atoms with Gasteiger partial charge >= 0.3 is 6.18 Å². The van der Waals surface area contributed by atoms with E-state index in [1.807, 2.05) is 0 Å². The van der Waals surface area contributed by atoms with E-state index in [0.29, 0.717) is 22.6 Å². The normalized spacial score (nSPS) is 20.4. The Labute approximate surface area is 192 Å². The first-order valence-electron chi connectivity index (χ1n) is 10.5. The van der Waals surface area contributed by atoms with Crippen molar-refractivity contribution < 1.29 is 32.7 Å². The maximum atomic E-state index is 12.7. The molecule has 3 amide bonds. The second kappa shape index (κ2) is 8.90. The zero-order valence-electron chi connectivity index (χ0n) is 18.0. The van der Waals surface area contributed by atoms with Crippen molar-refractivity contribution in [1.29, 1.82) is 0 Å². The number of fused-ring (bicyclic) bond motifs is 1. The molecule has 3 N–H and O–H groups in total. The molecule has 2 unspecified atom stereocenters. The zero-order valence-corrected chi connectivity index (χ0v) is 18.0. The first kappa shape index (κ1) is 23.4. The Kier molecular flexibility index (Phi) is 6.13. The minimum atomic E-state index is -4.50. The zero-order chi connectivity index (χ0) is 24.6. The van der Waals surface area contributed by atoms with Crippen LogP contribution in [0.15, 0.2) is 47.5 Å². The molecule has 0 saturated carbocycles. The van der Waals surface area contributed by atoms with Crippen molar-refractivity contribution in [2.45, 2.75) is 44.8 Å². The fourth-order valence-electron chi connectivity index (χ4n) is 4.13. The number of amidine groups is 1. The number of hydrogen-bond donors (Lipinski definition) is 3. The number of amides is 3. The van der Waals surface area contributed by atoms with Crippen molar-refractivity contribution in [2.24, 2.45) is 4.99 Å². The Morgan fingerprint density at radius 2 is 1.91 bits per heavy atom. The first-order valence-corrected chi connectivity index (χ1v) is 10.5. The van der Waals surface area contributed by atoms with Crippen LogP contribution in [0, 0.1) is 0 Å². The van der Waals surface area contributed by atoms with Gasteiger partial charge in [0.2, 0.25) is 11.8 Å². The van der Waals surface area contributed by atoms with Crippen molar-refractivity contribution in [1.82, 2.24) is 15.5 Å². The molecule has 0 aliphatic carbocycles. The summed E-state index contributed by atoms with van der Waals surface area (Å²) < 4.78 is 38.2. The van der Waals surface area contributed by atoms with Crippen LogP contribution < -0.4 is 10.6 Å². The highest BCUT2D eigenvalue weighted by Gasteiger charge is 2.39. The lowest BCUT2D eigenvalue weighted by atomic mass is 9.97. The number of carbonyl (C=O) groups excluding carboxylic acids is 3. The highest BCUT2D eigenvalue weighted by atomic mass is 19.4. The molecule has 2 heterocycles. The third-order valence-electron chi connectivity index (χ3n) is 5.81. The van der Waals surface area contributed by atoms with E-state index in [2.05, 4.69) is 15.6 Å². The quantitative estimate of drug-likeness (QED) is 0.591. The summed E-state index contributed by atoms with van der Waals surface area (Å²) in [6, 6.07) is 8.11. The number of aliphatic imine (C=N–C) groups is 1. The standard InChI is InChI=1S/C23H21F3N4O4/c1-12-28-16-4-2-3-14(11-27-20(32)13-5-7-15(8-6-13)23(24,25)26)19(16)22(34)30(12)17-9-10-18(31)29-21(17)33/h2-8,17,22,34H,9-11H2,1H3,(H,27,32)(H,29,31,33). The van der Waals surface area contributed by atoms with Crippen LogP contribution in [-0.4, -0.2) is 39.6 Å². The van der Waals surface area contributed by atoms with Crippen LogP contribution in [0.5, 0.6) is 0 Å². The van der Waals surface area contributed by atoms with Crippen LogP contribution >= 0.6 is 0 Å². The molecule has 2 aliphatic rings. The average molecular weight is 474 g/mol. The molecule has 0 aromatic heterocycles. The molecule has 0 radical (unpaired) electrons. The number of halogens is 3. The Bertz CT molecular complexity index is 1180. The van der Waals surface area contributed by atoms with Gasteiger partial charge in [-0.3, -0.25) is 19.7 Å². The second-order valence-corrected chi connectivity index (χ2v) is 8.01. The molecule has 11 heteroatoms. The van der Waals surface area contributed by atoms with Gasteiger partial charge in [-0.1, -0.05) is 12.1 Å². The molecular weight excluding hydrogens is 453 g/mol. The van der Waals surface area contributed by atoms with Crippen LogP contribution in [0.25, 0.3) is 0 Å². The Hall–Kier alpha value is -3.73. The minimum Gasteiger partial charge on any atom is -0.369 e. The van der Waals surface area contributed by atoms with Gasteiger partial charge in [-0.25, -0.2) is 4.99 Å². The third-order valence-corrected chi connectivity index (χ3v) is 5.81. The van der Waals surface area contributed by atoms with Gasteiger partial charge in [-0.2, -0.15) is 13.2 Å². The monoisotopic (exact) mass is 474 g/mol. The van der Waals surface area contributed by atoms with E-state index < -0.39 is 35.8 Å². The average Bonchev–Trinajstić information content (AvgIpc) is 2.78. The largest absolute Gasteiger partial charge is 0.416 e. The lowest BCUT2D eigenvalue weighted by molar-refractivity contribution is -0.139. The van der Waals surface area contributed by atoms with Gasteiger partial charge in [0.1, 0.15) is 11.9 Å². The molecule has 2 aromatic rings. The van der Waals surface area contributed by atoms with E-state index in [4.69, 9.17) is 0 Å². The highest BCUT2D eigenvalue weighted by Crippen LogP contribution is 2.38. The van der Waals surface area contributed by atoms with Crippen molar-refractivity contribution in [3.63, 3.8) is 0 Å². The molecular formula is C23H21F3N4O4. The van der Waals surface area contributed by atoms with Crippen LogP contribution in [-0.2, 0) is 22.3 Å². The predicted octanol–water partition coefficient (Wildman–Crippen LogP) is 2.80. The van der Waals surface area contributed by atoms with Gasteiger partial charge < -0.3 is 15.3 Å². The molecule has 2 aromatic carbocycles. The Morgan fingerprint density at radius 1 is 1.21 bits per heavy atom. The summed E-state index contributed by atoms with van der Waals surface area (Å²) in [6.07, 6.45) is -5.40. The van der Waals surface area contributed by atoms with Gasteiger partial charge in [0, 0.05) is 24.1 Å². The van der Waals surface area contributed by atoms with Crippen molar-refractivity contribution >= 4 is 29.2 Å². The van der Waals surface area contributed by atoms with Gasteiger partial charge in [-0.15, -0.1) is 0 Å². The fraction of sp³-hybridized carbons (Fsp3) is 0.304. The van der Waals surface area contributed by atoms with E-state index in [-0.39, 0.29) is 30.9 Å². The number of benzene rings is 2. The number of aliphatic hydroxyl groups excluding tert-OH is 1. The summed E-state index contributed by atoms with van der Waals surface area (Å²) in [6.45, 7) is 1.62. The number of imide groups is 1. The van der Waals surface area contributed by atoms with Crippen molar-refractivity contribution in [3.05, 3.63) is 64.7 Å². The lowest BCUT2D eigenvalue weighted by Crippen LogP contribution is -2.55. The second-order valence-electron chi connectivity index (χ2n) is 8.01. The number of nitrogens with zero attached hydrogens (tertiary/aromatic N) is 2. The number of alkyl halides is 3. The summed E-state index contributed by atoms with van der Waals surface area (Å²) in [5, 5.41) is 16.1. The molecule has 8 nitrogen and oxygen atoms in total. The Balaban J connectivity index is 1.54. The van der Waals surface area contributed by atoms with Crippen LogP contribution in [0.2, 0.25) is 0 Å². The number of hydrogen-bond acceptors (Lipinski definition) is 6. The molecule has 1 saturated heterocycles. The molecule has 0 bridgehead atoms. The number of piperidine rings is 1. The van der Waals surface area contributed by atoms with Crippen LogP contribution in [0.4, 0.5) is 18.9 Å². The minimum absolute atomic E-state index is 0.0299. The predicted molar refractivity (Wildman–Crippen MR) is 115 cm³/mol. The van der Waals surface area contributed by atoms with Crippen molar-refractivity contribution in [3.8, 4) is 0 Å². The van der Waals surface area contributed by atoms with E-state index in [1.165, 1.54) is 4.90 Å². The van der Waals surface area contributed by atoms with Crippen LogP contribution in [0.1, 0.15) is 53.0 Å². The number of rotatable bonds is 4. The summed E-state index contributed by atoms with van der Waals surface area (Å²) in [4.78, 5) is 42.3. The summed E-state index contributed by atoms with van der Waals surface area (Å²) in [5.74, 6) is -1.09. The molecule has 178 valence electrons. The molecule has 2 atom stereocenters. The molecule has 34 heavy (non-hydrogen) atoms. The topological polar surface area (TPSA) is 111 Å². The highest BCUT2D eigenvalue weighted by molar-refractivity contribution is 6.02. The number of aliphatic hydroxyl groups is 1. The van der Waals surface area contributed by atoms with Gasteiger partial charge in [0.05, 0.1) is 11.3 Å². The smallest absolute Gasteiger partial charge is 0.369 e. The Morgan fingerprint density at radius 3 is 2.56 bits per heavy atom. The maximum absolute atomic E-state index is 12.7. The summed E-state index contributed by atoms with van der Waals surface area (Å²) in [7, 11) is 0.